The van der Waals surface area contributed by atoms with E-state index in [1.54, 1.807) is 6.92 Å². The maximum Gasteiger partial charge on any atom is 0.228 e. The Bertz CT molecular complexity index is 462. The zero-order valence-corrected chi connectivity index (χ0v) is 12.6. The number of rotatable bonds is 3. The Balaban J connectivity index is 2.03. The largest absolute Gasteiger partial charge is 0.389 e. The third kappa shape index (κ3) is 3.40. The summed E-state index contributed by atoms with van der Waals surface area (Å²) < 4.78 is 0. The molecule has 0 bridgehead atoms. The lowest BCUT2D eigenvalue weighted by atomic mass is 9.68. The van der Waals surface area contributed by atoms with Crippen LogP contribution in [0.1, 0.15) is 58.1 Å². The number of aliphatic hydroxyl groups excluding tert-OH is 1. The summed E-state index contributed by atoms with van der Waals surface area (Å²) in [4.78, 5) is 12.4. The molecule has 0 heterocycles. The zero-order chi connectivity index (χ0) is 14.8. The number of nitrogens with one attached hydrogen (secondary N) is 1. The van der Waals surface area contributed by atoms with E-state index >= 15 is 0 Å². The van der Waals surface area contributed by atoms with E-state index in [1.807, 2.05) is 24.3 Å². The summed E-state index contributed by atoms with van der Waals surface area (Å²) in [6, 6.07) is 7.42. The maximum atomic E-state index is 12.4. The average Bonchev–Trinajstić information content (AvgIpc) is 2.38. The van der Waals surface area contributed by atoms with E-state index in [-0.39, 0.29) is 17.2 Å². The van der Waals surface area contributed by atoms with Gasteiger partial charge in [0.2, 0.25) is 5.91 Å². The highest BCUT2D eigenvalue weighted by Crippen LogP contribution is 2.41. The second kappa shape index (κ2) is 5.96. The van der Waals surface area contributed by atoms with Gasteiger partial charge in [-0.15, -0.1) is 0 Å². The molecule has 0 aliphatic heterocycles. The van der Waals surface area contributed by atoms with Crippen molar-refractivity contribution in [3.8, 4) is 0 Å². The second-order valence-electron chi connectivity index (χ2n) is 6.57. The molecular weight excluding hydrogens is 250 g/mol. The van der Waals surface area contributed by atoms with E-state index in [9.17, 15) is 9.90 Å². The predicted octanol–water partition coefficient (Wildman–Crippen LogP) is 3.89. The Morgan fingerprint density at radius 3 is 2.50 bits per heavy atom. The Morgan fingerprint density at radius 1 is 1.30 bits per heavy atom. The van der Waals surface area contributed by atoms with Gasteiger partial charge in [-0.05, 0) is 42.9 Å². The lowest BCUT2D eigenvalue weighted by Crippen LogP contribution is -2.37. The van der Waals surface area contributed by atoms with Crippen LogP contribution in [0.15, 0.2) is 24.3 Å². The second-order valence-corrected chi connectivity index (χ2v) is 6.57. The van der Waals surface area contributed by atoms with Crippen LogP contribution in [0.25, 0.3) is 0 Å². The average molecular weight is 275 g/mol. The van der Waals surface area contributed by atoms with Crippen LogP contribution < -0.4 is 5.32 Å². The predicted molar refractivity (Wildman–Crippen MR) is 81.4 cm³/mol. The first-order chi connectivity index (χ1) is 9.40. The molecular formula is C17H25NO2. The summed E-state index contributed by atoms with van der Waals surface area (Å²) in [6.45, 7) is 6.11. The van der Waals surface area contributed by atoms with Gasteiger partial charge in [0.05, 0.1) is 6.10 Å². The summed E-state index contributed by atoms with van der Waals surface area (Å²) in [5, 5.41) is 12.5. The number of aliphatic hydroxyl groups is 1. The smallest absolute Gasteiger partial charge is 0.228 e. The Kier molecular flexibility index (Phi) is 4.48. The van der Waals surface area contributed by atoms with Crippen molar-refractivity contribution >= 4 is 11.6 Å². The Hall–Kier alpha value is -1.35. The quantitative estimate of drug-likeness (QED) is 0.879. The van der Waals surface area contributed by atoms with Crippen molar-refractivity contribution in [3.63, 3.8) is 0 Å². The molecule has 2 unspecified atom stereocenters. The molecule has 110 valence electrons. The molecule has 1 saturated carbocycles. The van der Waals surface area contributed by atoms with E-state index < -0.39 is 6.10 Å². The van der Waals surface area contributed by atoms with Crippen molar-refractivity contribution in [1.82, 2.24) is 0 Å². The van der Waals surface area contributed by atoms with E-state index in [0.29, 0.717) is 0 Å². The van der Waals surface area contributed by atoms with Crippen LogP contribution in [-0.4, -0.2) is 11.0 Å². The van der Waals surface area contributed by atoms with Gasteiger partial charge in [-0.25, -0.2) is 0 Å². The number of carbonyl (C=O) groups is 1. The van der Waals surface area contributed by atoms with E-state index in [4.69, 9.17) is 0 Å². The monoisotopic (exact) mass is 275 g/mol. The molecule has 1 amide bonds. The molecule has 1 aromatic carbocycles. The van der Waals surface area contributed by atoms with Gasteiger partial charge in [0.1, 0.15) is 0 Å². The number of benzene rings is 1. The summed E-state index contributed by atoms with van der Waals surface area (Å²) in [7, 11) is 0. The molecule has 2 atom stereocenters. The van der Waals surface area contributed by atoms with Crippen LogP contribution in [0.2, 0.25) is 0 Å². The highest BCUT2D eigenvalue weighted by atomic mass is 16.3. The van der Waals surface area contributed by atoms with E-state index in [1.165, 1.54) is 6.42 Å². The van der Waals surface area contributed by atoms with Crippen molar-refractivity contribution in [2.75, 3.05) is 5.32 Å². The molecule has 3 nitrogen and oxygen atoms in total. The van der Waals surface area contributed by atoms with Gasteiger partial charge in [-0.2, -0.15) is 0 Å². The summed E-state index contributed by atoms with van der Waals surface area (Å²) in [5.74, 6) is 0.215. The molecule has 0 radical (unpaired) electrons. The number of hydrogen-bond donors (Lipinski definition) is 2. The minimum atomic E-state index is -0.475. The summed E-state index contributed by atoms with van der Waals surface area (Å²) >= 11 is 0. The molecule has 0 saturated heterocycles. The minimum absolute atomic E-state index is 0.0852. The van der Waals surface area contributed by atoms with Gasteiger partial charge in [0.25, 0.3) is 0 Å². The van der Waals surface area contributed by atoms with E-state index in [2.05, 4.69) is 19.2 Å². The number of hydrogen-bond acceptors (Lipinski definition) is 2. The number of amides is 1. The molecule has 2 rings (SSSR count). The minimum Gasteiger partial charge on any atom is -0.389 e. The first kappa shape index (κ1) is 15.0. The fraction of sp³-hybridized carbons (Fsp3) is 0.588. The van der Waals surface area contributed by atoms with Crippen molar-refractivity contribution < 1.29 is 9.90 Å². The first-order valence-electron chi connectivity index (χ1n) is 7.49. The van der Waals surface area contributed by atoms with Crippen LogP contribution in [-0.2, 0) is 4.79 Å². The molecule has 1 fully saturated rings. The van der Waals surface area contributed by atoms with Gasteiger partial charge < -0.3 is 10.4 Å². The van der Waals surface area contributed by atoms with Crippen LogP contribution in [0, 0.1) is 11.3 Å². The van der Waals surface area contributed by atoms with Crippen molar-refractivity contribution in [1.29, 1.82) is 0 Å². The molecule has 3 heteroatoms. The molecule has 0 aromatic heterocycles. The fourth-order valence-electron chi connectivity index (χ4n) is 3.05. The molecule has 0 spiro atoms. The summed E-state index contributed by atoms with van der Waals surface area (Å²) in [6.07, 6.45) is 3.98. The summed E-state index contributed by atoms with van der Waals surface area (Å²) in [5.41, 5.74) is 1.75. The SMILES string of the molecule is CC(O)c1ccc(NC(=O)C2CCCCC2(C)C)cc1. The third-order valence-electron chi connectivity index (χ3n) is 4.48. The molecule has 1 aliphatic rings. The van der Waals surface area contributed by atoms with Crippen LogP contribution in [0.4, 0.5) is 5.69 Å². The normalized spacial score (nSPS) is 23.1. The van der Waals surface area contributed by atoms with Gasteiger partial charge in [-0.3, -0.25) is 4.79 Å². The Labute approximate surface area is 121 Å². The van der Waals surface area contributed by atoms with Gasteiger partial charge >= 0.3 is 0 Å². The highest BCUT2D eigenvalue weighted by Gasteiger charge is 2.37. The van der Waals surface area contributed by atoms with E-state index in [0.717, 1.165) is 30.5 Å². The van der Waals surface area contributed by atoms with Gasteiger partial charge in [0.15, 0.2) is 0 Å². The maximum absolute atomic E-state index is 12.4. The molecule has 20 heavy (non-hydrogen) atoms. The van der Waals surface area contributed by atoms with Gasteiger partial charge in [-0.1, -0.05) is 38.8 Å². The topological polar surface area (TPSA) is 49.3 Å². The van der Waals surface area contributed by atoms with Gasteiger partial charge in [0, 0.05) is 11.6 Å². The lowest BCUT2D eigenvalue weighted by Gasteiger charge is -2.37. The third-order valence-corrected chi connectivity index (χ3v) is 4.48. The van der Waals surface area contributed by atoms with Crippen LogP contribution in [0.3, 0.4) is 0 Å². The van der Waals surface area contributed by atoms with Crippen molar-refractivity contribution in [3.05, 3.63) is 29.8 Å². The van der Waals surface area contributed by atoms with Crippen molar-refractivity contribution in [2.24, 2.45) is 11.3 Å². The Morgan fingerprint density at radius 2 is 1.95 bits per heavy atom. The fourth-order valence-corrected chi connectivity index (χ4v) is 3.05. The van der Waals surface area contributed by atoms with Crippen molar-refractivity contribution in [2.45, 2.75) is 52.6 Å². The van der Waals surface area contributed by atoms with Crippen LogP contribution >= 0.6 is 0 Å². The van der Waals surface area contributed by atoms with Crippen LogP contribution in [0.5, 0.6) is 0 Å². The number of carbonyl (C=O) groups excluding carboxylic acids is 1. The highest BCUT2D eigenvalue weighted by molar-refractivity contribution is 5.93. The standard InChI is InChI=1S/C17H25NO2/c1-12(19)13-7-9-14(10-8-13)18-16(20)15-6-4-5-11-17(15,2)3/h7-10,12,15,19H,4-6,11H2,1-3H3,(H,18,20). The number of anilines is 1. The lowest BCUT2D eigenvalue weighted by molar-refractivity contribution is -0.124. The zero-order valence-electron chi connectivity index (χ0n) is 12.6. The first-order valence-corrected chi connectivity index (χ1v) is 7.49. The molecule has 1 aromatic rings. The molecule has 1 aliphatic carbocycles. The molecule has 2 N–H and O–H groups in total.